The first-order chi connectivity index (χ1) is 7.22. The van der Waals surface area contributed by atoms with Gasteiger partial charge in [0.2, 0.25) is 5.91 Å². The Morgan fingerprint density at radius 3 is 2.80 bits per heavy atom. The van der Waals surface area contributed by atoms with Crippen molar-refractivity contribution in [3.8, 4) is 0 Å². The van der Waals surface area contributed by atoms with E-state index in [-0.39, 0.29) is 11.9 Å². The molecule has 1 aliphatic rings. The zero-order valence-electron chi connectivity index (χ0n) is 9.08. The van der Waals surface area contributed by atoms with Crippen LogP contribution in [0, 0.1) is 0 Å². The van der Waals surface area contributed by atoms with E-state index >= 15 is 0 Å². The molecule has 0 aromatic heterocycles. The lowest BCUT2D eigenvalue weighted by molar-refractivity contribution is -0.119. The summed E-state index contributed by atoms with van der Waals surface area (Å²) in [5, 5.41) is 2.99. The Morgan fingerprint density at radius 1 is 1.40 bits per heavy atom. The second kappa shape index (κ2) is 3.89. The number of rotatable bonds is 2. The highest BCUT2D eigenvalue weighted by Crippen LogP contribution is 2.35. The average Bonchev–Trinajstić information content (AvgIpc) is 2.56. The Bertz CT molecular complexity index is 420. The summed E-state index contributed by atoms with van der Waals surface area (Å²) < 4.78 is 0. The number of hydrogen-bond donors (Lipinski definition) is 1. The molecule has 1 atom stereocenters. The van der Waals surface area contributed by atoms with E-state index in [2.05, 4.69) is 30.4 Å². The van der Waals surface area contributed by atoms with Crippen LogP contribution in [-0.2, 0) is 4.79 Å². The van der Waals surface area contributed by atoms with Crippen LogP contribution < -0.4 is 5.32 Å². The van der Waals surface area contributed by atoms with E-state index in [9.17, 15) is 4.79 Å². The van der Waals surface area contributed by atoms with Crippen LogP contribution in [0.2, 0.25) is 0 Å². The van der Waals surface area contributed by atoms with E-state index in [1.807, 2.05) is 12.1 Å². The molecule has 0 saturated heterocycles. The third-order valence-corrected chi connectivity index (χ3v) is 2.77. The first-order valence-corrected chi connectivity index (χ1v) is 5.29. The van der Waals surface area contributed by atoms with Crippen molar-refractivity contribution in [1.29, 1.82) is 0 Å². The van der Waals surface area contributed by atoms with Crippen molar-refractivity contribution in [3.05, 3.63) is 41.0 Å². The number of fused-ring (bicyclic) bond motifs is 1. The van der Waals surface area contributed by atoms with Gasteiger partial charge in [-0.2, -0.15) is 0 Å². The minimum atomic E-state index is 0.0241. The molecule has 0 aliphatic heterocycles. The molecule has 2 heteroatoms. The van der Waals surface area contributed by atoms with Crippen molar-refractivity contribution >= 4 is 12.0 Å². The summed E-state index contributed by atoms with van der Waals surface area (Å²) in [4.78, 5) is 11.1. The van der Waals surface area contributed by atoms with E-state index in [1.165, 1.54) is 16.7 Å². The van der Waals surface area contributed by atoms with Gasteiger partial charge in [0.25, 0.3) is 0 Å². The van der Waals surface area contributed by atoms with Crippen LogP contribution in [0.4, 0.5) is 0 Å². The van der Waals surface area contributed by atoms with Crippen LogP contribution in [0.15, 0.2) is 29.8 Å². The SMILES string of the molecule is CCC1=Cc2ccccc2[C@H]1NC(C)=O. The fourth-order valence-corrected chi connectivity index (χ4v) is 2.07. The van der Waals surface area contributed by atoms with E-state index in [0.29, 0.717) is 0 Å². The highest BCUT2D eigenvalue weighted by atomic mass is 16.1. The molecule has 0 saturated carbocycles. The first kappa shape index (κ1) is 9.97. The molecular weight excluding hydrogens is 186 g/mol. The van der Waals surface area contributed by atoms with Crippen LogP contribution in [0.25, 0.3) is 6.08 Å². The van der Waals surface area contributed by atoms with Crippen LogP contribution in [0.3, 0.4) is 0 Å². The summed E-state index contributed by atoms with van der Waals surface area (Å²) in [5.41, 5.74) is 3.73. The normalized spacial score (nSPS) is 18.3. The number of hydrogen-bond acceptors (Lipinski definition) is 1. The van der Waals surface area contributed by atoms with E-state index in [1.54, 1.807) is 6.92 Å². The highest BCUT2D eigenvalue weighted by molar-refractivity contribution is 5.76. The van der Waals surface area contributed by atoms with Gasteiger partial charge in [0.1, 0.15) is 0 Å². The molecule has 1 aromatic rings. The van der Waals surface area contributed by atoms with Gasteiger partial charge in [-0.3, -0.25) is 4.79 Å². The Balaban J connectivity index is 2.36. The summed E-state index contributed by atoms with van der Waals surface area (Å²) in [5.74, 6) is 0.0241. The van der Waals surface area contributed by atoms with Gasteiger partial charge in [-0.25, -0.2) is 0 Å². The summed E-state index contributed by atoms with van der Waals surface area (Å²) in [6.45, 7) is 3.68. The van der Waals surface area contributed by atoms with Crippen molar-refractivity contribution in [1.82, 2.24) is 5.32 Å². The van der Waals surface area contributed by atoms with Gasteiger partial charge in [-0.15, -0.1) is 0 Å². The summed E-state index contributed by atoms with van der Waals surface area (Å²) >= 11 is 0. The fourth-order valence-electron chi connectivity index (χ4n) is 2.07. The van der Waals surface area contributed by atoms with Crippen molar-refractivity contribution in [2.45, 2.75) is 26.3 Å². The molecule has 15 heavy (non-hydrogen) atoms. The van der Waals surface area contributed by atoms with Gasteiger partial charge in [0.05, 0.1) is 6.04 Å². The minimum absolute atomic E-state index is 0.0241. The molecule has 1 amide bonds. The minimum Gasteiger partial charge on any atom is -0.346 e. The van der Waals surface area contributed by atoms with E-state index in [0.717, 1.165) is 6.42 Å². The lowest BCUT2D eigenvalue weighted by Crippen LogP contribution is -2.25. The fraction of sp³-hybridized carbons (Fsp3) is 0.308. The Labute approximate surface area is 90.0 Å². The predicted molar refractivity (Wildman–Crippen MR) is 61.3 cm³/mol. The average molecular weight is 201 g/mol. The molecule has 0 heterocycles. The maximum absolute atomic E-state index is 11.1. The van der Waals surface area contributed by atoms with E-state index < -0.39 is 0 Å². The molecule has 0 bridgehead atoms. The number of carbonyl (C=O) groups is 1. The number of carbonyl (C=O) groups excluding carboxylic acids is 1. The largest absolute Gasteiger partial charge is 0.346 e. The molecule has 1 aromatic carbocycles. The zero-order chi connectivity index (χ0) is 10.8. The molecule has 0 spiro atoms. The molecule has 0 radical (unpaired) electrons. The monoisotopic (exact) mass is 201 g/mol. The summed E-state index contributed by atoms with van der Waals surface area (Å²) in [6, 6.07) is 8.30. The number of nitrogens with one attached hydrogen (secondary N) is 1. The maximum atomic E-state index is 11.1. The predicted octanol–water partition coefficient (Wildman–Crippen LogP) is 2.67. The molecule has 1 N–H and O–H groups in total. The first-order valence-electron chi connectivity index (χ1n) is 5.29. The van der Waals surface area contributed by atoms with Crippen molar-refractivity contribution in [3.63, 3.8) is 0 Å². The summed E-state index contributed by atoms with van der Waals surface area (Å²) in [7, 11) is 0. The molecule has 2 nitrogen and oxygen atoms in total. The highest BCUT2D eigenvalue weighted by Gasteiger charge is 2.23. The van der Waals surface area contributed by atoms with Gasteiger partial charge in [0, 0.05) is 6.92 Å². The van der Waals surface area contributed by atoms with E-state index in [4.69, 9.17) is 0 Å². The van der Waals surface area contributed by atoms with Gasteiger partial charge >= 0.3 is 0 Å². The number of amides is 1. The van der Waals surface area contributed by atoms with Crippen molar-refractivity contribution in [2.24, 2.45) is 0 Å². The Kier molecular flexibility index (Phi) is 2.58. The molecule has 2 rings (SSSR count). The third-order valence-electron chi connectivity index (χ3n) is 2.77. The molecule has 78 valence electrons. The van der Waals surface area contributed by atoms with Crippen LogP contribution in [0.5, 0.6) is 0 Å². The Hall–Kier alpha value is -1.57. The van der Waals surface area contributed by atoms with Crippen LogP contribution >= 0.6 is 0 Å². The number of benzene rings is 1. The van der Waals surface area contributed by atoms with Gasteiger partial charge in [0.15, 0.2) is 0 Å². The van der Waals surface area contributed by atoms with Crippen LogP contribution in [-0.4, -0.2) is 5.91 Å². The second-order valence-electron chi connectivity index (χ2n) is 3.84. The second-order valence-corrected chi connectivity index (χ2v) is 3.84. The molecule has 1 aliphatic carbocycles. The van der Waals surface area contributed by atoms with Gasteiger partial charge < -0.3 is 5.32 Å². The lowest BCUT2D eigenvalue weighted by atomic mass is 10.0. The summed E-state index contributed by atoms with van der Waals surface area (Å²) in [6.07, 6.45) is 3.15. The quantitative estimate of drug-likeness (QED) is 0.783. The van der Waals surface area contributed by atoms with Gasteiger partial charge in [-0.1, -0.05) is 37.3 Å². The van der Waals surface area contributed by atoms with Crippen LogP contribution in [0.1, 0.15) is 37.4 Å². The molecular formula is C13H15NO. The maximum Gasteiger partial charge on any atom is 0.217 e. The topological polar surface area (TPSA) is 29.1 Å². The standard InChI is InChI=1S/C13H15NO/c1-3-10-8-11-6-4-5-7-12(11)13(10)14-9(2)15/h4-8,13H,3H2,1-2H3,(H,14,15)/t13-/m0/s1. The Morgan fingerprint density at radius 2 is 2.13 bits per heavy atom. The third kappa shape index (κ3) is 1.80. The van der Waals surface area contributed by atoms with Gasteiger partial charge in [-0.05, 0) is 23.1 Å². The smallest absolute Gasteiger partial charge is 0.217 e. The molecule has 0 fully saturated rings. The van der Waals surface area contributed by atoms with Crippen molar-refractivity contribution < 1.29 is 4.79 Å². The lowest BCUT2D eigenvalue weighted by Gasteiger charge is -2.16. The zero-order valence-corrected chi connectivity index (χ0v) is 9.08. The van der Waals surface area contributed by atoms with Crippen molar-refractivity contribution in [2.75, 3.05) is 0 Å². The molecule has 0 unspecified atom stereocenters.